The molecule has 12 heteroatoms. The van der Waals surface area contributed by atoms with Gasteiger partial charge < -0.3 is 19.7 Å². The normalized spacial score (nSPS) is 23.4. The van der Waals surface area contributed by atoms with Crippen LogP contribution in [0.4, 0.5) is 0 Å². The van der Waals surface area contributed by atoms with Crippen molar-refractivity contribution in [2.75, 3.05) is 20.0 Å². The molecule has 0 aliphatic carbocycles. The van der Waals surface area contributed by atoms with Crippen molar-refractivity contribution >= 4 is 20.2 Å². The number of benzene rings is 2. The SMILES string of the molecule is O=S(=O)(OCC(O)C1OCOC(COS(=O)(=O)c2ccccc2)C1O)c1ccccc1. The molecule has 10 nitrogen and oxygen atoms in total. The van der Waals surface area contributed by atoms with Crippen LogP contribution in [-0.4, -0.2) is 71.5 Å². The Kier molecular flexibility index (Phi) is 7.78. The summed E-state index contributed by atoms with van der Waals surface area (Å²) >= 11 is 0. The molecule has 170 valence electrons. The van der Waals surface area contributed by atoms with Crippen molar-refractivity contribution < 1.29 is 44.9 Å². The summed E-state index contributed by atoms with van der Waals surface area (Å²) < 4.78 is 68.9. The van der Waals surface area contributed by atoms with Crippen molar-refractivity contribution in [3.63, 3.8) is 0 Å². The molecule has 0 saturated carbocycles. The summed E-state index contributed by atoms with van der Waals surface area (Å²) in [5.74, 6) is 0. The highest BCUT2D eigenvalue weighted by atomic mass is 32.2. The Morgan fingerprint density at radius 1 is 0.871 bits per heavy atom. The van der Waals surface area contributed by atoms with Gasteiger partial charge >= 0.3 is 0 Å². The van der Waals surface area contributed by atoms with Crippen LogP contribution in [0, 0.1) is 0 Å². The molecule has 3 rings (SSSR count). The molecule has 2 N–H and O–H groups in total. The van der Waals surface area contributed by atoms with Gasteiger partial charge in [-0.05, 0) is 24.3 Å². The first kappa shape index (κ1) is 23.8. The number of aliphatic hydroxyl groups is 2. The molecule has 1 aliphatic rings. The number of hydrogen-bond donors (Lipinski definition) is 2. The second-order valence-corrected chi connectivity index (χ2v) is 9.85. The van der Waals surface area contributed by atoms with Crippen molar-refractivity contribution in [3.05, 3.63) is 60.7 Å². The van der Waals surface area contributed by atoms with Crippen LogP contribution in [-0.2, 0) is 38.1 Å². The molecule has 0 aromatic heterocycles. The van der Waals surface area contributed by atoms with Crippen molar-refractivity contribution in [2.45, 2.75) is 34.2 Å². The Hall–Kier alpha value is -1.90. The Morgan fingerprint density at radius 3 is 1.94 bits per heavy atom. The van der Waals surface area contributed by atoms with Crippen molar-refractivity contribution in [1.29, 1.82) is 0 Å². The fraction of sp³-hybridized carbons (Fsp3) is 0.368. The molecule has 31 heavy (non-hydrogen) atoms. The van der Waals surface area contributed by atoms with Gasteiger partial charge in [-0.25, -0.2) is 0 Å². The minimum atomic E-state index is -4.12. The van der Waals surface area contributed by atoms with E-state index in [1.54, 1.807) is 12.1 Å². The molecule has 0 bridgehead atoms. The lowest BCUT2D eigenvalue weighted by molar-refractivity contribution is -0.257. The predicted molar refractivity (Wildman–Crippen MR) is 106 cm³/mol. The Labute approximate surface area is 180 Å². The fourth-order valence-corrected chi connectivity index (χ4v) is 4.71. The lowest BCUT2D eigenvalue weighted by Gasteiger charge is -2.36. The number of aliphatic hydroxyl groups excluding tert-OH is 2. The molecular weight excluding hydrogens is 452 g/mol. The van der Waals surface area contributed by atoms with Crippen LogP contribution in [0.1, 0.15) is 0 Å². The summed E-state index contributed by atoms with van der Waals surface area (Å²) in [5, 5.41) is 20.7. The third-order valence-electron chi connectivity index (χ3n) is 4.48. The van der Waals surface area contributed by atoms with Gasteiger partial charge in [-0.1, -0.05) is 36.4 Å². The summed E-state index contributed by atoms with van der Waals surface area (Å²) in [5.41, 5.74) is 0. The van der Waals surface area contributed by atoms with E-state index in [0.29, 0.717) is 0 Å². The van der Waals surface area contributed by atoms with Crippen LogP contribution in [0.2, 0.25) is 0 Å². The van der Waals surface area contributed by atoms with Crippen LogP contribution in [0.15, 0.2) is 70.5 Å². The van der Waals surface area contributed by atoms with E-state index in [1.807, 2.05) is 0 Å². The number of rotatable bonds is 9. The summed E-state index contributed by atoms with van der Waals surface area (Å²) in [6.07, 6.45) is -5.46. The smallest absolute Gasteiger partial charge is 0.297 e. The van der Waals surface area contributed by atoms with Crippen molar-refractivity contribution in [2.24, 2.45) is 0 Å². The van der Waals surface area contributed by atoms with E-state index in [4.69, 9.17) is 17.8 Å². The summed E-state index contributed by atoms with van der Waals surface area (Å²) in [4.78, 5) is -0.152. The van der Waals surface area contributed by atoms with E-state index in [9.17, 15) is 27.0 Å². The Bertz CT molecular complexity index is 1040. The zero-order valence-electron chi connectivity index (χ0n) is 16.2. The first-order valence-electron chi connectivity index (χ1n) is 9.19. The number of hydrogen-bond acceptors (Lipinski definition) is 10. The maximum Gasteiger partial charge on any atom is 0.297 e. The minimum absolute atomic E-state index is 0.0624. The van der Waals surface area contributed by atoms with E-state index in [1.165, 1.54) is 48.5 Å². The molecule has 0 amide bonds. The lowest BCUT2D eigenvalue weighted by atomic mass is 10.0. The monoisotopic (exact) mass is 474 g/mol. The van der Waals surface area contributed by atoms with Gasteiger partial charge in [0.15, 0.2) is 0 Å². The second kappa shape index (κ2) is 10.1. The first-order chi connectivity index (χ1) is 14.7. The molecule has 2 aromatic carbocycles. The Balaban J connectivity index is 1.58. The molecule has 4 atom stereocenters. The van der Waals surface area contributed by atoms with Crippen molar-refractivity contribution in [3.8, 4) is 0 Å². The highest BCUT2D eigenvalue weighted by molar-refractivity contribution is 7.87. The van der Waals surface area contributed by atoms with Gasteiger partial charge in [0.25, 0.3) is 20.2 Å². The first-order valence-corrected chi connectivity index (χ1v) is 12.0. The van der Waals surface area contributed by atoms with Gasteiger partial charge in [-0.2, -0.15) is 16.8 Å². The number of ether oxygens (including phenoxy) is 2. The molecule has 1 heterocycles. The van der Waals surface area contributed by atoms with Crippen LogP contribution in [0.3, 0.4) is 0 Å². The molecule has 1 saturated heterocycles. The fourth-order valence-electron chi connectivity index (χ4n) is 2.82. The molecule has 2 aromatic rings. The van der Waals surface area contributed by atoms with Gasteiger partial charge in [-0.15, -0.1) is 0 Å². The van der Waals surface area contributed by atoms with E-state index in [0.717, 1.165) is 0 Å². The molecule has 1 aliphatic heterocycles. The molecule has 0 spiro atoms. The highest BCUT2D eigenvalue weighted by Crippen LogP contribution is 2.21. The van der Waals surface area contributed by atoms with Crippen LogP contribution >= 0.6 is 0 Å². The largest absolute Gasteiger partial charge is 0.388 e. The molecule has 1 fully saturated rings. The maximum absolute atomic E-state index is 12.2. The standard InChI is InChI=1S/C19H22O10S2/c20-16(11-28-30(22,23)14-7-3-1-4-8-14)19-18(21)17(26-13-27-19)12-29-31(24,25)15-9-5-2-6-10-15/h1-10,16-21H,11-13H2. The van der Waals surface area contributed by atoms with Gasteiger partial charge in [0.2, 0.25) is 0 Å². The molecule has 0 radical (unpaired) electrons. The minimum Gasteiger partial charge on any atom is -0.388 e. The van der Waals surface area contributed by atoms with E-state index >= 15 is 0 Å². The summed E-state index contributed by atoms with van der Waals surface area (Å²) in [6.45, 7) is -1.59. The van der Waals surface area contributed by atoms with Gasteiger partial charge in [0, 0.05) is 0 Å². The summed E-state index contributed by atoms with van der Waals surface area (Å²) in [6, 6.07) is 14.8. The summed E-state index contributed by atoms with van der Waals surface area (Å²) in [7, 11) is -8.20. The van der Waals surface area contributed by atoms with Crippen LogP contribution in [0.5, 0.6) is 0 Å². The van der Waals surface area contributed by atoms with Crippen LogP contribution in [0.25, 0.3) is 0 Å². The highest BCUT2D eigenvalue weighted by Gasteiger charge is 2.39. The Morgan fingerprint density at radius 2 is 1.39 bits per heavy atom. The zero-order chi connectivity index (χ0) is 22.5. The predicted octanol–water partition coefficient (Wildman–Crippen LogP) is 0.261. The maximum atomic E-state index is 12.2. The average Bonchev–Trinajstić information content (AvgIpc) is 2.78. The second-order valence-electron chi connectivity index (χ2n) is 6.62. The quantitative estimate of drug-likeness (QED) is 0.485. The van der Waals surface area contributed by atoms with E-state index in [2.05, 4.69) is 0 Å². The third kappa shape index (κ3) is 6.08. The lowest BCUT2D eigenvalue weighted by Crippen LogP contribution is -2.54. The van der Waals surface area contributed by atoms with E-state index < -0.39 is 57.9 Å². The van der Waals surface area contributed by atoms with Gasteiger partial charge in [0.1, 0.15) is 31.2 Å². The third-order valence-corrected chi connectivity index (χ3v) is 7.08. The molecular formula is C19H22O10S2. The van der Waals surface area contributed by atoms with Gasteiger partial charge in [-0.3, -0.25) is 8.37 Å². The van der Waals surface area contributed by atoms with Crippen LogP contribution < -0.4 is 0 Å². The molecule has 4 unspecified atom stereocenters. The zero-order valence-corrected chi connectivity index (χ0v) is 17.8. The van der Waals surface area contributed by atoms with Crippen molar-refractivity contribution in [1.82, 2.24) is 0 Å². The topological polar surface area (TPSA) is 146 Å². The van der Waals surface area contributed by atoms with Gasteiger partial charge in [0.05, 0.1) is 23.0 Å². The van der Waals surface area contributed by atoms with E-state index in [-0.39, 0.29) is 16.6 Å². The average molecular weight is 475 g/mol.